The number of halogens is 1. The maximum Gasteiger partial charge on any atom is 0.127 e. The van der Waals surface area contributed by atoms with Crippen molar-refractivity contribution in [3.05, 3.63) is 22.3 Å². The third-order valence-corrected chi connectivity index (χ3v) is 4.44. The van der Waals surface area contributed by atoms with Gasteiger partial charge < -0.3 is 9.84 Å². The number of alkyl halides is 1. The molecule has 0 saturated carbocycles. The molecule has 94 valence electrons. The molecule has 1 atom stereocenters. The molecule has 0 unspecified atom stereocenters. The highest BCUT2D eigenvalue weighted by atomic mass is 35.5. The van der Waals surface area contributed by atoms with Crippen LogP contribution in [0.25, 0.3) is 0 Å². The van der Waals surface area contributed by atoms with Crippen LogP contribution in [-0.4, -0.2) is 16.6 Å². The first-order valence-electron chi connectivity index (χ1n) is 5.96. The molecule has 0 amide bonds. The van der Waals surface area contributed by atoms with Crippen molar-refractivity contribution in [1.82, 2.24) is 0 Å². The number of phenolic OH excluding ortho intramolecular Hbond substituents is 1. The average molecular weight is 255 g/mol. The van der Waals surface area contributed by atoms with E-state index in [2.05, 4.69) is 0 Å². The number of fused-ring (bicyclic) bond motifs is 1. The molecule has 17 heavy (non-hydrogen) atoms. The summed E-state index contributed by atoms with van der Waals surface area (Å²) >= 11 is 5.98. The highest BCUT2D eigenvalue weighted by Gasteiger charge is 2.33. The van der Waals surface area contributed by atoms with E-state index in [9.17, 15) is 5.11 Å². The SMILES string of the molecule is Cc1c(C)c2c(c(C)c1O)CC[C@@](C)(CCl)O2. The number of hydrogen-bond donors (Lipinski definition) is 1. The zero-order chi connectivity index (χ0) is 12.8. The summed E-state index contributed by atoms with van der Waals surface area (Å²) < 4.78 is 6.07. The van der Waals surface area contributed by atoms with Gasteiger partial charge in [0.15, 0.2) is 0 Å². The normalized spacial score (nSPS) is 23.1. The van der Waals surface area contributed by atoms with Gasteiger partial charge in [0.25, 0.3) is 0 Å². The minimum atomic E-state index is -0.283. The number of benzene rings is 1. The molecular formula is C14H19ClO2. The lowest BCUT2D eigenvalue weighted by Gasteiger charge is -2.36. The Morgan fingerprint density at radius 2 is 1.88 bits per heavy atom. The molecule has 0 aromatic heterocycles. The standard InChI is InChI=1S/C14H19ClO2/c1-8-9(2)13-11(10(3)12(8)16)5-6-14(4,7-15)17-13/h16H,5-7H2,1-4H3/t14-/m0/s1. The van der Waals surface area contributed by atoms with E-state index in [1.807, 2.05) is 27.7 Å². The van der Waals surface area contributed by atoms with E-state index in [0.29, 0.717) is 11.6 Å². The molecule has 1 N–H and O–H groups in total. The van der Waals surface area contributed by atoms with Gasteiger partial charge in [-0.1, -0.05) is 0 Å². The first kappa shape index (κ1) is 12.6. The van der Waals surface area contributed by atoms with Gasteiger partial charge >= 0.3 is 0 Å². The van der Waals surface area contributed by atoms with Crippen LogP contribution in [0.2, 0.25) is 0 Å². The van der Waals surface area contributed by atoms with Crippen LogP contribution in [0.5, 0.6) is 11.5 Å². The molecule has 0 radical (unpaired) electrons. The van der Waals surface area contributed by atoms with Crippen LogP contribution >= 0.6 is 11.6 Å². The van der Waals surface area contributed by atoms with Gasteiger partial charge in [0, 0.05) is 5.56 Å². The Labute approximate surface area is 108 Å². The molecule has 0 spiro atoms. The van der Waals surface area contributed by atoms with E-state index in [4.69, 9.17) is 16.3 Å². The van der Waals surface area contributed by atoms with Crippen molar-refractivity contribution in [2.24, 2.45) is 0 Å². The second-order valence-electron chi connectivity index (χ2n) is 5.22. The molecule has 1 aromatic rings. The summed E-state index contributed by atoms with van der Waals surface area (Å²) in [5.74, 6) is 1.82. The molecule has 1 aliphatic heterocycles. The van der Waals surface area contributed by atoms with Gasteiger partial charge in [-0.05, 0) is 57.2 Å². The first-order chi connectivity index (χ1) is 7.89. The Kier molecular flexibility index (Phi) is 3.03. The van der Waals surface area contributed by atoms with Gasteiger partial charge in [-0.2, -0.15) is 0 Å². The zero-order valence-corrected chi connectivity index (χ0v) is 11.6. The first-order valence-corrected chi connectivity index (χ1v) is 6.49. The molecule has 1 aliphatic rings. The molecule has 3 heteroatoms. The summed E-state index contributed by atoms with van der Waals surface area (Å²) in [4.78, 5) is 0. The Bertz CT molecular complexity index is 468. The van der Waals surface area contributed by atoms with Gasteiger partial charge in [-0.25, -0.2) is 0 Å². The Morgan fingerprint density at radius 3 is 2.47 bits per heavy atom. The molecule has 1 aromatic carbocycles. The Hall–Kier alpha value is -0.890. The van der Waals surface area contributed by atoms with E-state index in [1.165, 1.54) is 0 Å². The summed E-state index contributed by atoms with van der Waals surface area (Å²) in [6, 6.07) is 0. The molecule has 2 rings (SSSR count). The van der Waals surface area contributed by atoms with Crippen LogP contribution in [0.3, 0.4) is 0 Å². The molecule has 0 aliphatic carbocycles. The quantitative estimate of drug-likeness (QED) is 0.776. The topological polar surface area (TPSA) is 29.5 Å². The summed E-state index contributed by atoms with van der Waals surface area (Å²) in [6.07, 6.45) is 1.81. The van der Waals surface area contributed by atoms with Crippen molar-refractivity contribution in [1.29, 1.82) is 0 Å². The highest BCUT2D eigenvalue weighted by Crippen LogP contribution is 2.43. The molecule has 2 nitrogen and oxygen atoms in total. The van der Waals surface area contributed by atoms with Gasteiger partial charge in [-0.3, -0.25) is 0 Å². The van der Waals surface area contributed by atoms with E-state index in [1.54, 1.807) is 0 Å². The average Bonchev–Trinajstić information content (AvgIpc) is 2.33. The monoisotopic (exact) mass is 254 g/mol. The Balaban J connectivity index is 2.59. The number of ether oxygens (including phenoxy) is 1. The summed E-state index contributed by atoms with van der Waals surface area (Å²) in [7, 11) is 0. The van der Waals surface area contributed by atoms with Crippen molar-refractivity contribution in [3.63, 3.8) is 0 Å². The van der Waals surface area contributed by atoms with Crippen LogP contribution in [-0.2, 0) is 6.42 Å². The van der Waals surface area contributed by atoms with Gasteiger partial charge in [0.1, 0.15) is 17.1 Å². The minimum absolute atomic E-state index is 0.283. The van der Waals surface area contributed by atoms with Gasteiger partial charge in [-0.15, -0.1) is 11.6 Å². The highest BCUT2D eigenvalue weighted by molar-refractivity contribution is 6.18. The molecule has 0 saturated heterocycles. The van der Waals surface area contributed by atoms with Crippen molar-refractivity contribution >= 4 is 11.6 Å². The van der Waals surface area contributed by atoms with Crippen LogP contribution in [0.15, 0.2) is 0 Å². The van der Waals surface area contributed by atoms with Crippen LogP contribution in [0.1, 0.15) is 35.6 Å². The molecule has 0 bridgehead atoms. The lowest BCUT2D eigenvalue weighted by molar-refractivity contribution is 0.0866. The van der Waals surface area contributed by atoms with Gasteiger partial charge in [0.05, 0.1) is 5.88 Å². The lowest BCUT2D eigenvalue weighted by Crippen LogP contribution is -2.38. The fraction of sp³-hybridized carbons (Fsp3) is 0.571. The second-order valence-corrected chi connectivity index (χ2v) is 5.48. The predicted molar refractivity (Wildman–Crippen MR) is 70.4 cm³/mol. The molecule has 0 fully saturated rings. The fourth-order valence-corrected chi connectivity index (χ4v) is 2.58. The maximum absolute atomic E-state index is 10.0. The smallest absolute Gasteiger partial charge is 0.127 e. The minimum Gasteiger partial charge on any atom is -0.507 e. The van der Waals surface area contributed by atoms with E-state index in [0.717, 1.165) is 40.8 Å². The van der Waals surface area contributed by atoms with E-state index < -0.39 is 0 Å². The van der Waals surface area contributed by atoms with Crippen LogP contribution in [0.4, 0.5) is 0 Å². The van der Waals surface area contributed by atoms with E-state index >= 15 is 0 Å². The summed E-state index contributed by atoms with van der Waals surface area (Å²) in [5.41, 5.74) is 3.72. The summed E-state index contributed by atoms with van der Waals surface area (Å²) in [6.45, 7) is 7.91. The molecule has 1 heterocycles. The third-order valence-electron chi connectivity index (χ3n) is 3.88. The largest absolute Gasteiger partial charge is 0.507 e. The summed E-state index contributed by atoms with van der Waals surface area (Å²) in [5, 5.41) is 10.0. The maximum atomic E-state index is 10.0. The number of phenols is 1. The number of hydrogen-bond acceptors (Lipinski definition) is 2. The van der Waals surface area contributed by atoms with E-state index in [-0.39, 0.29) is 5.60 Å². The van der Waals surface area contributed by atoms with Crippen LogP contribution < -0.4 is 4.74 Å². The van der Waals surface area contributed by atoms with Crippen LogP contribution in [0, 0.1) is 20.8 Å². The Morgan fingerprint density at radius 1 is 1.24 bits per heavy atom. The van der Waals surface area contributed by atoms with Gasteiger partial charge in [0.2, 0.25) is 0 Å². The number of rotatable bonds is 1. The van der Waals surface area contributed by atoms with Crippen molar-refractivity contribution in [2.75, 3.05) is 5.88 Å². The fourth-order valence-electron chi connectivity index (χ4n) is 2.39. The predicted octanol–water partition coefficient (Wildman–Crippen LogP) is 3.64. The molecular weight excluding hydrogens is 236 g/mol. The van der Waals surface area contributed by atoms with Crippen molar-refractivity contribution < 1.29 is 9.84 Å². The second kappa shape index (κ2) is 4.09. The van der Waals surface area contributed by atoms with Crippen molar-refractivity contribution in [3.8, 4) is 11.5 Å². The lowest BCUT2D eigenvalue weighted by atomic mass is 9.88. The number of aromatic hydroxyl groups is 1. The van der Waals surface area contributed by atoms with Crippen molar-refractivity contribution in [2.45, 2.75) is 46.1 Å². The zero-order valence-electron chi connectivity index (χ0n) is 10.9. The third kappa shape index (κ3) is 1.89.